The second kappa shape index (κ2) is 9.01. The van der Waals surface area contributed by atoms with Gasteiger partial charge in [0.15, 0.2) is 0 Å². The summed E-state index contributed by atoms with van der Waals surface area (Å²) in [5.41, 5.74) is 3.26. The van der Waals surface area contributed by atoms with Crippen LogP contribution >= 0.6 is 0 Å². The molecule has 0 radical (unpaired) electrons. The number of hydrogen-bond acceptors (Lipinski definition) is 5. The molecule has 0 spiro atoms. The Labute approximate surface area is 155 Å². The molecule has 140 valence electrons. The molecule has 0 bridgehead atoms. The number of pyridine rings is 1. The van der Waals surface area contributed by atoms with Crippen LogP contribution in [0, 0.1) is 6.92 Å². The van der Waals surface area contributed by atoms with Crippen molar-refractivity contribution in [2.45, 2.75) is 39.0 Å². The maximum atomic E-state index is 5.86. The molecular weight excluding hydrogens is 328 g/mol. The van der Waals surface area contributed by atoms with Crippen LogP contribution in [0.2, 0.25) is 0 Å². The summed E-state index contributed by atoms with van der Waals surface area (Å²) in [5, 5.41) is 0. The average Bonchev–Trinajstić information content (AvgIpc) is 3.15. The van der Waals surface area contributed by atoms with Gasteiger partial charge in [-0.05, 0) is 38.0 Å². The summed E-state index contributed by atoms with van der Waals surface area (Å²) < 4.78 is 16.7. The van der Waals surface area contributed by atoms with E-state index in [9.17, 15) is 0 Å². The highest BCUT2D eigenvalue weighted by molar-refractivity contribution is 5.40. The summed E-state index contributed by atoms with van der Waals surface area (Å²) >= 11 is 0. The SMILES string of the molecule is COc1ccc(CN(Cc2cccc(C)n2)C[C@H]2CCCO2)c(OC)c1. The number of ether oxygens (including phenoxy) is 3. The second-order valence-corrected chi connectivity index (χ2v) is 6.75. The summed E-state index contributed by atoms with van der Waals surface area (Å²) in [6.07, 6.45) is 2.56. The van der Waals surface area contributed by atoms with Crippen molar-refractivity contribution in [2.24, 2.45) is 0 Å². The summed E-state index contributed by atoms with van der Waals surface area (Å²) in [6.45, 7) is 5.36. The maximum absolute atomic E-state index is 5.86. The highest BCUT2D eigenvalue weighted by Crippen LogP contribution is 2.27. The van der Waals surface area contributed by atoms with Gasteiger partial charge in [0.25, 0.3) is 0 Å². The van der Waals surface area contributed by atoms with Gasteiger partial charge in [-0.3, -0.25) is 9.88 Å². The van der Waals surface area contributed by atoms with E-state index >= 15 is 0 Å². The molecule has 26 heavy (non-hydrogen) atoms. The lowest BCUT2D eigenvalue weighted by Gasteiger charge is -2.26. The van der Waals surface area contributed by atoms with E-state index in [4.69, 9.17) is 14.2 Å². The highest BCUT2D eigenvalue weighted by atomic mass is 16.5. The Morgan fingerprint density at radius 1 is 1.15 bits per heavy atom. The van der Waals surface area contributed by atoms with Crippen LogP contribution in [0.15, 0.2) is 36.4 Å². The fourth-order valence-electron chi connectivity index (χ4n) is 3.40. The molecule has 0 N–H and O–H groups in total. The quantitative estimate of drug-likeness (QED) is 0.723. The smallest absolute Gasteiger partial charge is 0.127 e. The van der Waals surface area contributed by atoms with Crippen LogP contribution in [0.3, 0.4) is 0 Å². The molecule has 1 aromatic heterocycles. The molecule has 2 aromatic rings. The standard InChI is InChI=1S/C21H28N2O3/c1-16-6-4-7-18(22-16)14-23(15-20-8-5-11-26-20)13-17-9-10-19(24-2)12-21(17)25-3/h4,6-7,9-10,12,20H,5,8,11,13-15H2,1-3H3/t20-/m1/s1. The van der Waals surface area contributed by atoms with Crippen molar-refractivity contribution in [3.63, 3.8) is 0 Å². The van der Waals surface area contributed by atoms with E-state index in [1.165, 1.54) is 0 Å². The van der Waals surface area contributed by atoms with E-state index in [-0.39, 0.29) is 0 Å². The van der Waals surface area contributed by atoms with E-state index in [1.807, 2.05) is 25.1 Å². The minimum Gasteiger partial charge on any atom is -0.497 e. The maximum Gasteiger partial charge on any atom is 0.127 e. The first kappa shape index (κ1) is 18.7. The average molecular weight is 356 g/mol. The first-order valence-corrected chi connectivity index (χ1v) is 9.15. The fourth-order valence-corrected chi connectivity index (χ4v) is 3.40. The van der Waals surface area contributed by atoms with Crippen molar-refractivity contribution in [2.75, 3.05) is 27.4 Å². The van der Waals surface area contributed by atoms with Gasteiger partial charge in [-0.15, -0.1) is 0 Å². The number of rotatable bonds is 8. The monoisotopic (exact) mass is 356 g/mol. The van der Waals surface area contributed by atoms with Crippen LogP contribution in [0.1, 0.15) is 29.8 Å². The molecule has 5 heteroatoms. The Balaban J connectivity index is 1.78. The van der Waals surface area contributed by atoms with Gasteiger partial charge in [-0.1, -0.05) is 12.1 Å². The molecule has 1 aliphatic heterocycles. The number of methoxy groups -OCH3 is 2. The summed E-state index contributed by atoms with van der Waals surface area (Å²) in [4.78, 5) is 7.06. The molecule has 2 heterocycles. The van der Waals surface area contributed by atoms with Gasteiger partial charge in [0.1, 0.15) is 11.5 Å². The van der Waals surface area contributed by atoms with Crippen LogP contribution in [-0.4, -0.2) is 43.4 Å². The van der Waals surface area contributed by atoms with Gasteiger partial charge >= 0.3 is 0 Å². The topological polar surface area (TPSA) is 43.8 Å². The number of aromatic nitrogens is 1. The Kier molecular flexibility index (Phi) is 6.47. The third-order valence-corrected chi connectivity index (χ3v) is 4.71. The van der Waals surface area contributed by atoms with Gasteiger partial charge in [0.2, 0.25) is 0 Å². The van der Waals surface area contributed by atoms with Crippen molar-refractivity contribution in [3.8, 4) is 11.5 Å². The lowest BCUT2D eigenvalue weighted by atomic mass is 10.1. The molecule has 0 aliphatic carbocycles. The molecule has 3 rings (SSSR count). The molecule has 1 aliphatic rings. The summed E-state index contributed by atoms with van der Waals surface area (Å²) in [7, 11) is 3.37. The van der Waals surface area contributed by atoms with Gasteiger partial charge in [0.05, 0.1) is 26.0 Å². The molecule has 1 atom stereocenters. The van der Waals surface area contributed by atoms with E-state index in [0.29, 0.717) is 6.10 Å². The van der Waals surface area contributed by atoms with E-state index in [0.717, 1.165) is 67.5 Å². The van der Waals surface area contributed by atoms with E-state index in [2.05, 4.69) is 28.1 Å². The molecule has 1 fully saturated rings. The molecule has 5 nitrogen and oxygen atoms in total. The predicted octanol–water partition coefficient (Wildman–Crippen LogP) is 3.59. The predicted molar refractivity (Wildman–Crippen MR) is 102 cm³/mol. The van der Waals surface area contributed by atoms with Gasteiger partial charge in [-0.25, -0.2) is 0 Å². The first-order valence-electron chi connectivity index (χ1n) is 9.15. The highest BCUT2D eigenvalue weighted by Gasteiger charge is 2.21. The number of hydrogen-bond donors (Lipinski definition) is 0. The number of benzene rings is 1. The van der Waals surface area contributed by atoms with E-state index < -0.39 is 0 Å². The molecule has 1 saturated heterocycles. The van der Waals surface area contributed by atoms with Gasteiger partial charge < -0.3 is 14.2 Å². The van der Waals surface area contributed by atoms with Crippen LogP contribution < -0.4 is 9.47 Å². The molecule has 0 saturated carbocycles. The van der Waals surface area contributed by atoms with Crippen molar-refractivity contribution < 1.29 is 14.2 Å². The molecule has 0 amide bonds. The molecule has 0 unspecified atom stereocenters. The third-order valence-electron chi connectivity index (χ3n) is 4.71. The molecule has 1 aromatic carbocycles. The second-order valence-electron chi connectivity index (χ2n) is 6.75. The van der Waals surface area contributed by atoms with Gasteiger partial charge in [0, 0.05) is 43.6 Å². The first-order chi connectivity index (χ1) is 12.7. The zero-order chi connectivity index (χ0) is 18.4. The Bertz CT molecular complexity index is 714. The van der Waals surface area contributed by atoms with E-state index in [1.54, 1.807) is 14.2 Å². The summed E-state index contributed by atoms with van der Waals surface area (Å²) in [5.74, 6) is 1.65. The lowest BCUT2D eigenvalue weighted by molar-refractivity contribution is 0.0672. The summed E-state index contributed by atoms with van der Waals surface area (Å²) in [6, 6.07) is 12.2. The Morgan fingerprint density at radius 3 is 2.73 bits per heavy atom. The van der Waals surface area contributed by atoms with Gasteiger partial charge in [-0.2, -0.15) is 0 Å². The zero-order valence-electron chi connectivity index (χ0n) is 15.9. The van der Waals surface area contributed by atoms with Crippen molar-refractivity contribution in [1.29, 1.82) is 0 Å². The minimum absolute atomic E-state index is 0.295. The fraction of sp³-hybridized carbons (Fsp3) is 0.476. The third kappa shape index (κ3) is 4.96. The normalized spacial score (nSPS) is 16.8. The van der Waals surface area contributed by atoms with Crippen LogP contribution in [0.4, 0.5) is 0 Å². The number of nitrogens with zero attached hydrogens (tertiary/aromatic N) is 2. The Morgan fingerprint density at radius 2 is 2.04 bits per heavy atom. The zero-order valence-corrected chi connectivity index (χ0v) is 15.9. The van der Waals surface area contributed by atoms with Crippen molar-refractivity contribution in [3.05, 3.63) is 53.3 Å². The van der Waals surface area contributed by atoms with Crippen LogP contribution in [0.25, 0.3) is 0 Å². The molecular formula is C21H28N2O3. The lowest BCUT2D eigenvalue weighted by Crippen LogP contribution is -2.32. The van der Waals surface area contributed by atoms with Crippen molar-refractivity contribution >= 4 is 0 Å². The van der Waals surface area contributed by atoms with Crippen LogP contribution in [-0.2, 0) is 17.8 Å². The van der Waals surface area contributed by atoms with Crippen LogP contribution in [0.5, 0.6) is 11.5 Å². The largest absolute Gasteiger partial charge is 0.497 e. The Hall–Kier alpha value is -2.11. The number of aryl methyl sites for hydroxylation is 1. The van der Waals surface area contributed by atoms with Crippen molar-refractivity contribution in [1.82, 2.24) is 9.88 Å². The minimum atomic E-state index is 0.295.